The number of anilines is 1. The Kier molecular flexibility index (Phi) is 6.21. The van der Waals surface area contributed by atoms with Crippen LogP contribution in [0.1, 0.15) is 12.8 Å². The average molecular weight is 385 g/mol. The van der Waals surface area contributed by atoms with Crippen LogP contribution < -0.4 is 10.1 Å². The first-order valence-electron chi connectivity index (χ1n) is 8.04. The first kappa shape index (κ1) is 20.1. The first-order chi connectivity index (χ1) is 12.2. The summed E-state index contributed by atoms with van der Waals surface area (Å²) in [6, 6.07) is 3.65. The van der Waals surface area contributed by atoms with Crippen molar-refractivity contribution >= 4 is 27.6 Å². The molecule has 0 aromatic heterocycles. The number of methoxy groups -OCH3 is 1. The van der Waals surface area contributed by atoms with E-state index in [1.54, 1.807) is 4.90 Å². The van der Waals surface area contributed by atoms with Gasteiger partial charge in [0.05, 0.1) is 13.7 Å². The molecule has 1 fully saturated rings. The molecular weight excluding hydrogens is 362 g/mol. The van der Waals surface area contributed by atoms with E-state index in [0.29, 0.717) is 18.7 Å². The molecule has 1 saturated heterocycles. The molecule has 2 rings (SSSR count). The highest BCUT2D eigenvalue weighted by Crippen LogP contribution is 2.29. The molecule has 0 bridgehead atoms. The maximum atomic E-state index is 12.4. The van der Waals surface area contributed by atoms with Gasteiger partial charge in [0, 0.05) is 19.8 Å². The zero-order chi connectivity index (χ0) is 19.5. The van der Waals surface area contributed by atoms with Crippen LogP contribution in [0.2, 0.25) is 0 Å². The zero-order valence-electron chi connectivity index (χ0n) is 14.9. The number of carbonyl (C=O) groups is 2. The third-order valence-electron chi connectivity index (χ3n) is 4.20. The summed E-state index contributed by atoms with van der Waals surface area (Å²) in [6.07, 6.45) is 1.23. The van der Waals surface area contributed by atoms with Gasteiger partial charge in [0.15, 0.2) is 0 Å². The second-order valence-corrected chi connectivity index (χ2v) is 8.29. The molecule has 1 amide bonds. The fraction of sp³-hybridized carbons (Fsp3) is 0.500. The number of nitrogens with one attached hydrogen (secondary N) is 1. The number of carboxylic acids is 1. The molecule has 0 spiro atoms. The molecular formula is C16H23N3O6S. The summed E-state index contributed by atoms with van der Waals surface area (Å²) < 4.78 is 31.0. The topological polar surface area (TPSA) is 116 Å². The number of benzene rings is 1. The number of hydrogen-bond acceptors (Lipinski definition) is 6. The van der Waals surface area contributed by atoms with E-state index in [1.807, 2.05) is 0 Å². The summed E-state index contributed by atoms with van der Waals surface area (Å²) in [5.41, 5.74) is 0.294. The average Bonchev–Trinajstić information content (AvgIpc) is 3.02. The van der Waals surface area contributed by atoms with Crippen LogP contribution in [0.15, 0.2) is 23.1 Å². The van der Waals surface area contributed by atoms with Gasteiger partial charge in [-0.05, 0) is 37.6 Å². The highest BCUT2D eigenvalue weighted by atomic mass is 32.2. The molecule has 0 saturated carbocycles. The molecule has 9 nitrogen and oxygen atoms in total. The van der Waals surface area contributed by atoms with Crippen molar-refractivity contribution in [1.82, 2.24) is 9.21 Å². The Morgan fingerprint density at radius 2 is 2.08 bits per heavy atom. The van der Waals surface area contributed by atoms with Crippen LogP contribution in [0.5, 0.6) is 5.75 Å². The predicted molar refractivity (Wildman–Crippen MR) is 94.7 cm³/mol. The maximum Gasteiger partial charge on any atom is 0.320 e. The van der Waals surface area contributed by atoms with Crippen LogP contribution >= 0.6 is 0 Å². The van der Waals surface area contributed by atoms with E-state index in [9.17, 15) is 18.0 Å². The monoisotopic (exact) mass is 385 g/mol. The second kappa shape index (κ2) is 8.02. The van der Waals surface area contributed by atoms with E-state index in [2.05, 4.69) is 5.32 Å². The lowest BCUT2D eigenvalue weighted by Gasteiger charge is -2.20. The number of carbonyl (C=O) groups excluding carboxylic acids is 1. The molecule has 1 aliphatic heterocycles. The molecule has 26 heavy (non-hydrogen) atoms. The minimum absolute atomic E-state index is 0.0626. The highest BCUT2D eigenvalue weighted by molar-refractivity contribution is 7.89. The molecule has 1 atom stereocenters. The van der Waals surface area contributed by atoms with Gasteiger partial charge in [-0.2, -0.15) is 0 Å². The molecule has 1 heterocycles. The third kappa shape index (κ3) is 4.32. The molecule has 0 radical (unpaired) electrons. The van der Waals surface area contributed by atoms with Gasteiger partial charge in [0.2, 0.25) is 15.9 Å². The minimum Gasteiger partial charge on any atom is -0.495 e. The fourth-order valence-electron chi connectivity index (χ4n) is 2.83. The number of hydrogen-bond donors (Lipinski definition) is 2. The molecule has 1 aromatic carbocycles. The highest BCUT2D eigenvalue weighted by Gasteiger charge is 2.31. The summed E-state index contributed by atoms with van der Waals surface area (Å²) in [5.74, 6) is -1.18. The Morgan fingerprint density at radius 3 is 2.65 bits per heavy atom. The Labute approximate surface area is 152 Å². The van der Waals surface area contributed by atoms with Crippen LogP contribution in [0, 0.1) is 0 Å². The lowest BCUT2D eigenvalue weighted by Crippen LogP contribution is -2.40. The molecule has 1 aromatic rings. The molecule has 1 aliphatic rings. The quantitative estimate of drug-likeness (QED) is 0.699. The van der Waals surface area contributed by atoms with E-state index >= 15 is 0 Å². The van der Waals surface area contributed by atoms with Gasteiger partial charge in [0.1, 0.15) is 16.7 Å². The second-order valence-electron chi connectivity index (χ2n) is 6.17. The molecule has 0 unspecified atom stereocenters. The van der Waals surface area contributed by atoms with Crippen molar-refractivity contribution in [2.24, 2.45) is 0 Å². The smallest absolute Gasteiger partial charge is 0.320 e. The normalized spacial score (nSPS) is 18.1. The van der Waals surface area contributed by atoms with Crippen LogP contribution in [-0.4, -0.2) is 74.9 Å². The van der Waals surface area contributed by atoms with Crippen LogP contribution in [-0.2, 0) is 19.6 Å². The molecule has 144 valence electrons. The Bertz CT molecular complexity index is 793. The van der Waals surface area contributed by atoms with E-state index in [-0.39, 0.29) is 17.2 Å². The minimum atomic E-state index is -3.75. The van der Waals surface area contributed by atoms with Crippen LogP contribution in [0.25, 0.3) is 0 Å². The summed E-state index contributed by atoms with van der Waals surface area (Å²) in [7, 11) is 0.416. The fourth-order valence-corrected chi connectivity index (χ4v) is 3.91. The number of amides is 1. The third-order valence-corrected chi connectivity index (χ3v) is 6.04. The van der Waals surface area contributed by atoms with Crippen molar-refractivity contribution in [1.29, 1.82) is 0 Å². The van der Waals surface area contributed by atoms with Gasteiger partial charge >= 0.3 is 5.97 Å². The van der Waals surface area contributed by atoms with Crippen molar-refractivity contribution in [3.05, 3.63) is 18.2 Å². The summed E-state index contributed by atoms with van der Waals surface area (Å²) >= 11 is 0. The summed E-state index contributed by atoms with van der Waals surface area (Å²) in [6.45, 7) is 0.464. The van der Waals surface area contributed by atoms with Gasteiger partial charge in [0.25, 0.3) is 0 Å². The maximum absolute atomic E-state index is 12.4. The Hall–Kier alpha value is -2.17. The Balaban J connectivity index is 2.17. The van der Waals surface area contributed by atoms with Crippen LogP contribution in [0.4, 0.5) is 5.69 Å². The number of likely N-dealkylation sites (tertiary alicyclic amines) is 1. The van der Waals surface area contributed by atoms with Crippen molar-refractivity contribution in [3.63, 3.8) is 0 Å². The van der Waals surface area contributed by atoms with E-state index in [0.717, 1.165) is 10.7 Å². The standard InChI is InChI=1S/C16H23N3O6S/c1-18(2)26(23,24)14-9-11(6-7-13(14)25-3)17-15(20)10-19-8-4-5-12(19)16(21)22/h6-7,9,12H,4-5,8,10H2,1-3H3,(H,17,20)(H,21,22)/t12-/m0/s1. The van der Waals surface area contributed by atoms with Gasteiger partial charge in [-0.15, -0.1) is 0 Å². The lowest BCUT2D eigenvalue weighted by molar-refractivity contribution is -0.142. The van der Waals surface area contributed by atoms with E-state index in [4.69, 9.17) is 9.84 Å². The summed E-state index contributed by atoms with van der Waals surface area (Å²) in [4.78, 5) is 25.0. The van der Waals surface area contributed by atoms with Crippen molar-refractivity contribution < 1.29 is 27.9 Å². The predicted octanol–water partition coefficient (Wildman–Crippen LogP) is 0.433. The van der Waals surface area contributed by atoms with Crippen molar-refractivity contribution in [2.45, 2.75) is 23.8 Å². The van der Waals surface area contributed by atoms with Crippen molar-refractivity contribution in [3.8, 4) is 5.75 Å². The van der Waals surface area contributed by atoms with Gasteiger partial charge in [-0.1, -0.05) is 0 Å². The van der Waals surface area contributed by atoms with Crippen molar-refractivity contribution in [2.75, 3.05) is 39.6 Å². The van der Waals surface area contributed by atoms with Gasteiger partial charge in [-0.25, -0.2) is 12.7 Å². The molecule has 0 aliphatic carbocycles. The van der Waals surface area contributed by atoms with Gasteiger partial charge < -0.3 is 15.2 Å². The number of carboxylic acid groups (broad SMARTS) is 1. The Morgan fingerprint density at radius 1 is 1.38 bits per heavy atom. The zero-order valence-corrected chi connectivity index (χ0v) is 15.7. The largest absolute Gasteiger partial charge is 0.495 e. The first-order valence-corrected chi connectivity index (χ1v) is 9.48. The van der Waals surface area contributed by atoms with E-state index in [1.165, 1.54) is 39.4 Å². The van der Waals surface area contributed by atoms with Gasteiger partial charge in [-0.3, -0.25) is 14.5 Å². The number of rotatable bonds is 7. The van der Waals surface area contributed by atoms with E-state index < -0.39 is 27.9 Å². The molecule has 10 heteroatoms. The number of nitrogens with zero attached hydrogens (tertiary/aromatic N) is 2. The molecule has 2 N–H and O–H groups in total. The number of ether oxygens (including phenoxy) is 1. The SMILES string of the molecule is COc1ccc(NC(=O)CN2CCC[C@H]2C(=O)O)cc1S(=O)(=O)N(C)C. The number of sulfonamides is 1. The summed E-state index contributed by atoms with van der Waals surface area (Å²) in [5, 5.41) is 11.8. The lowest BCUT2D eigenvalue weighted by atomic mass is 10.2. The van der Waals surface area contributed by atoms with Crippen LogP contribution in [0.3, 0.4) is 0 Å². The number of aliphatic carboxylic acids is 1.